The Balaban J connectivity index is 2.66. The van der Waals surface area contributed by atoms with E-state index in [1.165, 1.54) is 12.1 Å². The van der Waals surface area contributed by atoms with Gasteiger partial charge in [0, 0.05) is 21.3 Å². The fraction of sp³-hybridized carbons (Fsp3) is 0.333. The Hall–Kier alpha value is -0.320. The zero-order valence-corrected chi connectivity index (χ0v) is 10.0. The van der Waals surface area contributed by atoms with Gasteiger partial charge in [0.15, 0.2) is 0 Å². The van der Waals surface area contributed by atoms with Gasteiger partial charge in [-0.15, -0.1) is 0 Å². The van der Waals surface area contributed by atoms with Crippen LogP contribution in [0.4, 0.5) is 4.39 Å². The van der Waals surface area contributed by atoms with Crippen molar-refractivity contribution in [1.82, 2.24) is 0 Å². The van der Waals surface area contributed by atoms with E-state index in [4.69, 9.17) is 22.3 Å². The van der Waals surface area contributed by atoms with Crippen molar-refractivity contribution >= 4 is 31.3 Å². The summed E-state index contributed by atoms with van der Waals surface area (Å²) in [6, 6.07) is 4.35. The lowest BCUT2D eigenvalue weighted by Gasteiger charge is -2.04. The van der Waals surface area contributed by atoms with Gasteiger partial charge in [0.1, 0.15) is 5.82 Å². The molecule has 0 aromatic heterocycles. The summed E-state index contributed by atoms with van der Waals surface area (Å²) in [5.41, 5.74) is 0.333. The van der Waals surface area contributed by atoms with Crippen molar-refractivity contribution in [2.45, 2.75) is 12.8 Å². The average molecular weight is 271 g/mol. The highest BCUT2D eigenvalue weighted by molar-refractivity contribution is 8.13. The van der Waals surface area contributed by atoms with E-state index in [9.17, 15) is 12.8 Å². The largest absolute Gasteiger partial charge is 0.232 e. The summed E-state index contributed by atoms with van der Waals surface area (Å²) >= 11 is 5.76. The Morgan fingerprint density at radius 1 is 1.33 bits per heavy atom. The first kappa shape index (κ1) is 12.7. The standard InChI is InChI=1S/C9H9Cl2FO2S/c10-8-4-1-5-9(12)7(8)3-2-6-15(11,13)14/h1,4-5H,2-3,6H2. The zero-order chi connectivity index (χ0) is 11.5. The Morgan fingerprint density at radius 3 is 2.53 bits per heavy atom. The Morgan fingerprint density at radius 2 is 2.00 bits per heavy atom. The van der Waals surface area contributed by atoms with E-state index >= 15 is 0 Å². The summed E-state index contributed by atoms with van der Waals surface area (Å²) in [7, 11) is 1.51. The molecule has 0 radical (unpaired) electrons. The molecule has 1 aromatic carbocycles. The second-order valence-corrected chi connectivity index (χ2v) is 6.35. The van der Waals surface area contributed by atoms with Crippen molar-refractivity contribution in [2.24, 2.45) is 0 Å². The third-order valence-corrected chi connectivity index (χ3v) is 3.47. The minimum absolute atomic E-state index is 0.181. The van der Waals surface area contributed by atoms with Crippen molar-refractivity contribution < 1.29 is 12.8 Å². The summed E-state index contributed by atoms with van der Waals surface area (Å²) in [5, 5.41) is 0.307. The zero-order valence-electron chi connectivity index (χ0n) is 7.71. The third kappa shape index (κ3) is 4.36. The van der Waals surface area contributed by atoms with Crippen molar-refractivity contribution in [3.8, 4) is 0 Å². The highest BCUT2D eigenvalue weighted by Crippen LogP contribution is 2.20. The molecule has 6 heteroatoms. The smallest absolute Gasteiger partial charge is 0.212 e. The van der Waals surface area contributed by atoms with Crippen molar-refractivity contribution in [3.63, 3.8) is 0 Å². The minimum Gasteiger partial charge on any atom is -0.212 e. The molecule has 0 aliphatic heterocycles. The van der Waals surface area contributed by atoms with Gasteiger partial charge in [-0.25, -0.2) is 12.8 Å². The first-order chi connectivity index (χ1) is 6.90. The number of benzene rings is 1. The molecule has 0 aliphatic carbocycles. The van der Waals surface area contributed by atoms with Crippen LogP contribution in [0.2, 0.25) is 5.02 Å². The van der Waals surface area contributed by atoms with Crippen molar-refractivity contribution in [3.05, 3.63) is 34.6 Å². The van der Waals surface area contributed by atoms with E-state index in [2.05, 4.69) is 0 Å². The third-order valence-electron chi connectivity index (χ3n) is 1.88. The molecule has 0 fully saturated rings. The Bertz CT molecular complexity index is 425. The van der Waals surface area contributed by atoms with Crippen molar-refractivity contribution in [2.75, 3.05) is 5.75 Å². The van der Waals surface area contributed by atoms with Gasteiger partial charge in [0.25, 0.3) is 0 Å². The Labute approximate surface area is 97.4 Å². The second-order valence-electron chi connectivity index (χ2n) is 3.05. The molecule has 0 saturated carbocycles. The van der Waals surface area contributed by atoms with Gasteiger partial charge in [0.2, 0.25) is 9.05 Å². The van der Waals surface area contributed by atoms with E-state index in [1.807, 2.05) is 0 Å². The van der Waals surface area contributed by atoms with Gasteiger partial charge >= 0.3 is 0 Å². The molecule has 0 atom stereocenters. The fourth-order valence-electron chi connectivity index (χ4n) is 1.19. The molecule has 0 unspecified atom stereocenters. The van der Waals surface area contributed by atoms with E-state index in [0.717, 1.165) is 0 Å². The lowest BCUT2D eigenvalue weighted by Crippen LogP contribution is -2.00. The summed E-state index contributed by atoms with van der Waals surface area (Å²) < 4.78 is 34.5. The molecule has 1 rings (SSSR count). The molecule has 15 heavy (non-hydrogen) atoms. The van der Waals surface area contributed by atoms with E-state index < -0.39 is 14.9 Å². The minimum atomic E-state index is -3.51. The van der Waals surface area contributed by atoms with Crippen LogP contribution in [0, 0.1) is 5.82 Å². The van der Waals surface area contributed by atoms with Gasteiger partial charge in [-0.05, 0) is 25.0 Å². The number of hydrogen-bond acceptors (Lipinski definition) is 2. The summed E-state index contributed by atoms with van der Waals surface area (Å²) in [5.74, 6) is -0.603. The molecule has 0 bridgehead atoms. The second kappa shape index (κ2) is 5.14. The molecule has 84 valence electrons. The van der Waals surface area contributed by atoms with Crippen LogP contribution in [-0.4, -0.2) is 14.2 Å². The summed E-state index contributed by atoms with van der Waals surface area (Å²) in [6.45, 7) is 0. The van der Waals surface area contributed by atoms with E-state index in [0.29, 0.717) is 10.6 Å². The molecular formula is C9H9Cl2FO2S. The monoisotopic (exact) mass is 270 g/mol. The van der Waals surface area contributed by atoms with Gasteiger partial charge in [-0.2, -0.15) is 0 Å². The molecule has 1 aromatic rings. The van der Waals surface area contributed by atoms with Crippen LogP contribution >= 0.6 is 22.3 Å². The van der Waals surface area contributed by atoms with Crippen molar-refractivity contribution in [1.29, 1.82) is 0 Å². The van der Waals surface area contributed by atoms with Crippen LogP contribution in [-0.2, 0) is 15.5 Å². The maximum Gasteiger partial charge on any atom is 0.232 e. The molecule has 2 nitrogen and oxygen atoms in total. The lowest BCUT2D eigenvalue weighted by molar-refractivity contribution is 0.598. The molecule has 0 amide bonds. The highest BCUT2D eigenvalue weighted by atomic mass is 35.7. The maximum absolute atomic E-state index is 13.2. The molecule has 0 N–H and O–H groups in total. The first-order valence-corrected chi connectivity index (χ1v) is 7.11. The first-order valence-electron chi connectivity index (χ1n) is 4.25. The Kier molecular flexibility index (Phi) is 4.37. The molecule has 0 saturated heterocycles. The predicted molar refractivity (Wildman–Crippen MR) is 59.4 cm³/mol. The maximum atomic E-state index is 13.2. The number of rotatable bonds is 4. The SMILES string of the molecule is O=S(=O)(Cl)CCCc1c(F)cccc1Cl. The van der Waals surface area contributed by atoms with Gasteiger partial charge in [0.05, 0.1) is 5.75 Å². The lowest BCUT2D eigenvalue weighted by atomic mass is 10.1. The van der Waals surface area contributed by atoms with Crippen LogP contribution in [0.5, 0.6) is 0 Å². The number of halogens is 3. The summed E-state index contributed by atoms with van der Waals surface area (Å²) in [4.78, 5) is 0. The normalized spacial score (nSPS) is 11.7. The molecule has 0 heterocycles. The van der Waals surface area contributed by atoms with E-state index in [1.54, 1.807) is 6.07 Å². The van der Waals surface area contributed by atoms with Gasteiger partial charge in [-0.3, -0.25) is 0 Å². The van der Waals surface area contributed by atoms with Crippen LogP contribution in [0.25, 0.3) is 0 Å². The predicted octanol–water partition coefficient (Wildman–Crippen LogP) is 2.98. The van der Waals surface area contributed by atoms with Gasteiger partial charge in [-0.1, -0.05) is 17.7 Å². The van der Waals surface area contributed by atoms with Crippen LogP contribution in [0.15, 0.2) is 18.2 Å². The van der Waals surface area contributed by atoms with Crippen LogP contribution in [0.1, 0.15) is 12.0 Å². The quantitative estimate of drug-likeness (QED) is 0.789. The molecular weight excluding hydrogens is 262 g/mol. The number of hydrogen-bond donors (Lipinski definition) is 0. The van der Waals surface area contributed by atoms with Gasteiger partial charge < -0.3 is 0 Å². The average Bonchev–Trinajstić information content (AvgIpc) is 2.08. The highest BCUT2D eigenvalue weighted by Gasteiger charge is 2.09. The topological polar surface area (TPSA) is 34.1 Å². The van der Waals surface area contributed by atoms with E-state index in [-0.39, 0.29) is 18.6 Å². The van der Waals surface area contributed by atoms with Crippen LogP contribution in [0.3, 0.4) is 0 Å². The fourth-order valence-corrected chi connectivity index (χ4v) is 2.27. The van der Waals surface area contributed by atoms with Crippen LogP contribution < -0.4 is 0 Å². The summed E-state index contributed by atoms with van der Waals surface area (Å²) in [6.07, 6.45) is 0.518. The molecule has 0 aliphatic rings. The molecule has 0 spiro atoms.